The Hall–Kier alpha value is -3.13. The number of pyridine rings is 1. The molecule has 3 aromatic rings. The molecule has 0 spiro atoms. The largest absolute Gasteiger partial charge is 0.301 e. The van der Waals surface area contributed by atoms with Crippen molar-refractivity contribution in [1.82, 2.24) is 4.98 Å². The van der Waals surface area contributed by atoms with Crippen LogP contribution in [0.4, 0.5) is 5.82 Å². The fourth-order valence-corrected chi connectivity index (χ4v) is 2.24. The third-order valence-corrected chi connectivity index (χ3v) is 3.31. The lowest BCUT2D eigenvalue weighted by Crippen LogP contribution is -2.31. The maximum atomic E-state index is 9.41. The number of aryl methyl sites for hydroxylation is 1. The van der Waals surface area contributed by atoms with E-state index in [4.69, 9.17) is 0 Å². The van der Waals surface area contributed by atoms with E-state index >= 15 is 0 Å². The first kappa shape index (κ1) is 12.9. The summed E-state index contributed by atoms with van der Waals surface area (Å²) in [6, 6.07) is 15.9. The topological polar surface area (TPSA) is 69.6 Å². The molecule has 2 heterocycles. The molecule has 102 valence electrons. The van der Waals surface area contributed by atoms with Gasteiger partial charge in [-0.2, -0.15) is 5.26 Å². The third kappa shape index (κ3) is 2.47. The van der Waals surface area contributed by atoms with E-state index in [2.05, 4.69) is 21.4 Å². The molecule has 0 amide bonds. The van der Waals surface area contributed by atoms with Gasteiger partial charge in [0.05, 0.1) is 13.2 Å². The normalized spacial score (nSPS) is 11.3. The van der Waals surface area contributed by atoms with Gasteiger partial charge < -0.3 is 0 Å². The molecule has 3 N–H and O–H groups in total. The van der Waals surface area contributed by atoms with Gasteiger partial charge in [-0.1, -0.05) is 18.2 Å². The Morgan fingerprint density at radius 2 is 2.10 bits per heavy atom. The number of hydrogen-bond donors (Lipinski definition) is 2. The summed E-state index contributed by atoms with van der Waals surface area (Å²) in [5, 5.41) is 12.5. The van der Waals surface area contributed by atoms with Crippen molar-refractivity contribution < 1.29 is 9.55 Å². The highest BCUT2D eigenvalue weighted by molar-refractivity contribution is 5.78. The lowest BCUT2D eigenvalue weighted by Gasteiger charge is -1.93. The Labute approximate surface area is 122 Å². The quantitative estimate of drug-likeness (QED) is 0.566. The SMILES string of the molecule is C[n+]1c(C(C#N)=CNc2cccc[nH+]2)[nH]c2ccccc21. The minimum Gasteiger partial charge on any atom is -0.248 e. The molecule has 0 fully saturated rings. The molecule has 0 unspecified atom stereocenters. The Morgan fingerprint density at radius 1 is 1.29 bits per heavy atom. The lowest BCUT2D eigenvalue weighted by molar-refractivity contribution is -0.647. The van der Waals surface area contributed by atoms with Gasteiger partial charge in [0.15, 0.2) is 16.6 Å². The number of para-hydroxylation sites is 2. The van der Waals surface area contributed by atoms with Crippen LogP contribution in [0.2, 0.25) is 0 Å². The van der Waals surface area contributed by atoms with E-state index in [1.54, 1.807) is 6.20 Å². The Kier molecular flexibility index (Phi) is 3.36. The summed E-state index contributed by atoms with van der Waals surface area (Å²) in [5.74, 6) is 1.59. The number of anilines is 1. The highest BCUT2D eigenvalue weighted by Crippen LogP contribution is 2.14. The summed E-state index contributed by atoms with van der Waals surface area (Å²) in [7, 11) is 1.94. The minimum atomic E-state index is 0.533. The van der Waals surface area contributed by atoms with Crippen molar-refractivity contribution in [2.75, 3.05) is 5.32 Å². The lowest BCUT2D eigenvalue weighted by atomic mass is 10.3. The fraction of sp³-hybridized carbons (Fsp3) is 0.0625. The van der Waals surface area contributed by atoms with Crippen LogP contribution >= 0.6 is 0 Å². The number of nitrogens with one attached hydrogen (secondary N) is 3. The van der Waals surface area contributed by atoms with Crippen molar-refractivity contribution in [2.45, 2.75) is 0 Å². The number of rotatable bonds is 3. The zero-order chi connectivity index (χ0) is 14.7. The number of benzene rings is 1. The van der Waals surface area contributed by atoms with Crippen LogP contribution in [0.1, 0.15) is 5.82 Å². The van der Waals surface area contributed by atoms with Crippen molar-refractivity contribution in [1.29, 1.82) is 5.26 Å². The van der Waals surface area contributed by atoms with E-state index < -0.39 is 0 Å². The molecule has 0 radical (unpaired) electrons. The second-order valence-electron chi connectivity index (χ2n) is 4.64. The average Bonchev–Trinajstić information content (AvgIpc) is 2.87. The number of imidazole rings is 1. The van der Waals surface area contributed by atoms with Gasteiger partial charge in [-0.05, 0) is 18.2 Å². The van der Waals surface area contributed by atoms with E-state index in [1.807, 2.05) is 60.3 Å². The minimum absolute atomic E-state index is 0.533. The van der Waals surface area contributed by atoms with Gasteiger partial charge in [0.25, 0.3) is 5.82 Å². The molecular formula is C16H15N5+2. The van der Waals surface area contributed by atoms with Crippen LogP contribution in [0.15, 0.2) is 54.9 Å². The molecule has 0 aliphatic rings. The van der Waals surface area contributed by atoms with Crippen molar-refractivity contribution in [3.8, 4) is 6.07 Å². The highest BCUT2D eigenvalue weighted by Gasteiger charge is 2.19. The van der Waals surface area contributed by atoms with E-state index in [9.17, 15) is 5.26 Å². The van der Waals surface area contributed by atoms with E-state index in [-0.39, 0.29) is 0 Å². The molecule has 0 saturated carbocycles. The second kappa shape index (κ2) is 5.47. The Morgan fingerprint density at radius 3 is 2.81 bits per heavy atom. The predicted octanol–water partition coefficient (Wildman–Crippen LogP) is 1.78. The standard InChI is InChI=1S/C16H13N5/c1-21-14-7-3-2-6-13(14)20-16(21)12(10-17)11-19-15-8-4-5-9-18-15/h2-9,11H,1H3,(H,18,19,20)/p+2. The van der Waals surface area contributed by atoms with E-state index in [1.165, 1.54) is 0 Å². The number of hydrogen-bond acceptors (Lipinski definition) is 2. The van der Waals surface area contributed by atoms with Crippen molar-refractivity contribution in [3.63, 3.8) is 0 Å². The van der Waals surface area contributed by atoms with E-state index in [0.29, 0.717) is 5.57 Å². The predicted molar refractivity (Wildman–Crippen MR) is 79.7 cm³/mol. The summed E-state index contributed by atoms with van der Waals surface area (Å²) in [4.78, 5) is 6.33. The number of nitrogens with zero attached hydrogens (tertiary/aromatic N) is 2. The molecule has 5 nitrogen and oxygen atoms in total. The molecule has 0 bridgehead atoms. The first-order valence-corrected chi connectivity index (χ1v) is 6.60. The van der Waals surface area contributed by atoms with Crippen molar-refractivity contribution in [3.05, 3.63) is 60.7 Å². The van der Waals surface area contributed by atoms with Crippen molar-refractivity contribution >= 4 is 22.4 Å². The fourth-order valence-electron chi connectivity index (χ4n) is 2.24. The maximum absolute atomic E-state index is 9.41. The van der Waals surface area contributed by atoms with Crippen LogP contribution in [-0.4, -0.2) is 4.98 Å². The molecule has 3 rings (SSSR count). The first-order valence-electron chi connectivity index (χ1n) is 6.60. The zero-order valence-corrected chi connectivity index (χ0v) is 11.6. The van der Waals surface area contributed by atoms with Gasteiger partial charge in [0.1, 0.15) is 12.3 Å². The number of fused-ring (bicyclic) bond motifs is 1. The molecule has 5 heteroatoms. The van der Waals surface area contributed by atoms with Gasteiger partial charge in [0, 0.05) is 6.07 Å². The smallest absolute Gasteiger partial charge is 0.248 e. The highest BCUT2D eigenvalue weighted by atomic mass is 15.1. The summed E-state index contributed by atoms with van der Waals surface area (Å²) in [6.45, 7) is 0. The molecule has 0 aliphatic carbocycles. The first-order chi connectivity index (χ1) is 10.3. The molecule has 2 aromatic heterocycles. The van der Waals surface area contributed by atoms with Crippen LogP contribution in [0, 0.1) is 11.3 Å². The van der Waals surface area contributed by atoms with Crippen LogP contribution < -0.4 is 14.9 Å². The summed E-state index contributed by atoms with van der Waals surface area (Å²) in [5.41, 5.74) is 2.59. The van der Waals surface area contributed by atoms with Crippen LogP contribution in [0.3, 0.4) is 0 Å². The maximum Gasteiger partial charge on any atom is 0.301 e. The van der Waals surface area contributed by atoms with Gasteiger partial charge in [-0.25, -0.2) is 19.9 Å². The average molecular weight is 277 g/mol. The van der Waals surface area contributed by atoms with Crippen LogP contribution in [-0.2, 0) is 7.05 Å². The molecule has 0 aliphatic heterocycles. The summed E-state index contributed by atoms with van der Waals surface area (Å²) in [6.07, 6.45) is 3.52. The van der Waals surface area contributed by atoms with Crippen LogP contribution in [0.25, 0.3) is 16.6 Å². The number of allylic oxidation sites excluding steroid dienone is 1. The zero-order valence-electron chi connectivity index (χ0n) is 11.6. The number of aromatic amines is 2. The third-order valence-electron chi connectivity index (χ3n) is 3.31. The monoisotopic (exact) mass is 277 g/mol. The van der Waals surface area contributed by atoms with Crippen LogP contribution in [0.5, 0.6) is 0 Å². The molecule has 21 heavy (non-hydrogen) atoms. The molecular weight excluding hydrogens is 262 g/mol. The van der Waals surface area contributed by atoms with Gasteiger partial charge in [-0.15, -0.1) is 0 Å². The Balaban J connectivity index is 1.99. The molecule has 0 atom stereocenters. The van der Waals surface area contributed by atoms with Gasteiger partial charge in [-0.3, -0.25) is 0 Å². The molecule has 1 aromatic carbocycles. The van der Waals surface area contributed by atoms with Gasteiger partial charge >= 0.3 is 5.82 Å². The number of nitriles is 1. The number of H-pyrrole nitrogens is 2. The number of aromatic nitrogens is 3. The molecule has 0 saturated heterocycles. The Bertz CT molecular complexity index is 840. The van der Waals surface area contributed by atoms with Crippen molar-refractivity contribution in [2.24, 2.45) is 7.05 Å². The second-order valence-corrected chi connectivity index (χ2v) is 4.64. The summed E-state index contributed by atoms with van der Waals surface area (Å²) >= 11 is 0. The van der Waals surface area contributed by atoms with E-state index in [0.717, 1.165) is 22.7 Å². The summed E-state index contributed by atoms with van der Waals surface area (Å²) < 4.78 is 1.97. The van der Waals surface area contributed by atoms with Gasteiger partial charge in [0.2, 0.25) is 0 Å².